The maximum atomic E-state index is 13.5. The summed E-state index contributed by atoms with van der Waals surface area (Å²) < 4.78 is 40.1. The van der Waals surface area contributed by atoms with Crippen molar-refractivity contribution >= 4 is 16.1 Å². The lowest BCUT2D eigenvalue weighted by Gasteiger charge is -2.32. The number of sulfonamides is 1. The van der Waals surface area contributed by atoms with Crippen molar-refractivity contribution in [2.45, 2.75) is 81.1 Å². The summed E-state index contributed by atoms with van der Waals surface area (Å²) in [6.45, 7) is 4.34. The second-order valence-electron chi connectivity index (χ2n) is 11.0. The number of rotatable bonds is 11. The molecule has 1 saturated heterocycles. The molecular weight excluding hydrogens is 520 g/mol. The van der Waals surface area contributed by atoms with Crippen LogP contribution in [0.3, 0.4) is 0 Å². The molecule has 9 nitrogen and oxygen atoms in total. The van der Waals surface area contributed by atoms with Crippen LogP contribution in [0.15, 0.2) is 59.5 Å². The second-order valence-corrected chi connectivity index (χ2v) is 13.0. The molecule has 1 saturated carbocycles. The third-order valence-electron chi connectivity index (χ3n) is 7.52. The van der Waals surface area contributed by atoms with Crippen molar-refractivity contribution < 1.29 is 32.9 Å². The molecular formula is C29H40N2O7S. The number of nitrogens with zero attached hydrogens (tertiary/aromatic N) is 1. The van der Waals surface area contributed by atoms with E-state index in [9.17, 15) is 23.4 Å². The van der Waals surface area contributed by atoms with Crippen molar-refractivity contribution in [3.63, 3.8) is 0 Å². The van der Waals surface area contributed by atoms with E-state index < -0.39 is 33.9 Å². The Morgan fingerprint density at radius 2 is 1.87 bits per heavy atom. The lowest BCUT2D eigenvalue weighted by molar-refractivity contribution is -0.0758. The molecule has 0 aromatic heterocycles. The number of aliphatic hydroxyl groups is 1. The lowest BCUT2D eigenvalue weighted by Crippen LogP contribution is -2.52. The van der Waals surface area contributed by atoms with E-state index in [-0.39, 0.29) is 42.2 Å². The number of aliphatic hydroxyl groups excluding tert-OH is 1. The molecule has 0 radical (unpaired) electrons. The van der Waals surface area contributed by atoms with E-state index in [0.29, 0.717) is 6.61 Å². The van der Waals surface area contributed by atoms with Crippen LogP contribution in [0.25, 0.3) is 0 Å². The number of alkyl carbamates (subject to hydrolysis) is 1. The average Bonchev–Trinajstić information content (AvgIpc) is 3.53. The van der Waals surface area contributed by atoms with Gasteiger partial charge in [-0.3, -0.25) is 0 Å². The Balaban J connectivity index is 1.53. The van der Waals surface area contributed by atoms with Gasteiger partial charge in [0.2, 0.25) is 10.0 Å². The Kier molecular flexibility index (Phi) is 9.53. The number of aromatic hydroxyl groups is 1. The molecule has 39 heavy (non-hydrogen) atoms. The molecule has 1 aliphatic heterocycles. The zero-order chi connectivity index (χ0) is 28.0. The van der Waals surface area contributed by atoms with Crippen LogP contribution < -0.4 is 5.32 Å². The minimum absolute atomic E-state index is 0.0280. The molecule has 4 rings (SSSR count). The molecule has 1 spiro atoms. The average molecular weight is 561 g/mol. The Labute approximate surface area is 231 Å². The van der Waals surface area contributed by atoms with E-state index in [0.717, 1.165) is 37.7 Å². The standard InChI is InChI=1S/C29H40N2O7S/c1-21(2)19-31(39(35,36)24-12-6-11-23(32)18-24)20-26(33)25(17-22-9-4-3-5-10-22)30-28(34)38-27-13-7-14-29(27)15-8-16-37-29/h3-6,9-12,18,21,25-27,32-33H,7-8,13-17,19-20H2,1-2H3,(H,30,34)/t25-,26+,27?,29?/m0/s1. The van der Waals surface area contributed by atoms with Gasteiger partial charge in [-0.1, -0.05) is 50.2 Å². The number of hydrogen-bond acceptors (Lipinski definition) is 7. The fourth-order valence-electron chi connectivity index (χ4n) is 5.62. The van der Waals surface area contributed by atoms with Crippen molar-refractivity contribution in [2.24, 2.45) is 5.92 Å². The first-order valence-electron chi connectivity index (χ1n) is 13.7. The third-order valence-corrected chi connectivity index (χ3v) is 9.34. The number of ether oxygens (including phenoxy) is 2. The van der Waals surface area contributed by atoms with Crippen LogP contribution in [-0.4, -0.2) is 72.6 Å². The summed E-state index contributed by atoms with van der Waals surface area (Å²) >= 11 is 0. The number of phenolic OH excluding ortho intramolecular Hbond substituents is 1. The number of nitrogens with one attached hydrogen (secondary N) is 1. The van der Waals surface area contributed by atoms with Crippen molar-refractivity contribution in [2.75, 3.05) is 19.7 Å². The second kappa shape index (κ2) is 12.7. The Morgan fingerprint density at radius 1 is 1.13 bits per heavy atom. The van der Waals surface area contributed by atoms with Crippen molar-refractivity contribution in [1.29, 1.82) is 0 Å². The molecule has 2 aromatic carbocycles. The van der Waals surface area contributed by atoms with Gasteiger partial charge in [0.25, 0.3) is 0 Å². The highest BCUT2D eigenvalue weighted by Gasteiger charge is 2.48. The molecule has 2 aromatic rings. The van der Waals surface area contributed by atoms with Crippen molar-refractivity contribution in [1.82, 2.24) is 9.62 Å². The maximum Gasteiger partial charge on any atom is 0.407 e. The molecule has 2 aliphatic rings. The highest BCUT2D eigenvalue weighted by molar-refractivity contribution is 7.89. The summed E-state index contributed by atoms with van der Waals surface area (Å²) in [5.74, 6) is -0.192. The first kappa shape index (κ1) is 29.3. The summed E-state index contributed by atoms with van der Waals surface area (Å²) in [5.41, 5.74) is 0.457. The summed E-state index contributed by atoms with van der Waals surface area (Å²) in [6.07, 6.45) is 2.36. The summed E-state index contributed by atoms with van der Waals surface area (Å²) in [6, 6.07) is 14.1. The van der Waals surface area contributed by atoms with E-state index in [4.69, 9.17) is 9.47 Å². The molecule has 1 amide bonds. The van der Waals surface area contributed by atoms with Crippen LogP contribution in [0.5, 0.6) is 5.75 Å². The van der Waals surface area contributed by atoms with Gasteiger partial charge in [0.15, 0.2) is 0 Å². The summed E-state index contributed by atoms with van der Waals surface area (Å²) in [4.78, 5) is 13.0. The topological polar surface area (TPSA) is 125 Å². The molecule has 4 atom stereocenters. The van der Waals surface area contributed by atoms with E-state index in [1.165, 1.54) is 28.6 Å². The molecule has 3 N–H and O–H groups in total. The van der Waals surface area contributed by atoms with Crippen LogP contribution in [0.4, 0.5) is 4.79 Å². The Morgan fingerprint density at radius 3 is 2.54 bits per heavy atom. The van der Waals surface area contributed by atoms with Crippen LogP contribution in [-0.2, 0) is 25.9 Å². The van der Waals surface area contributed by atoms with Gasteiger partial charge >= 0.3 is 6.09 Å². The van der Waals surface area contributed by atoms with Gasteiger partial charge in [-0.15, -0.1) is 0 Å². The Hall–Kier alpha value is -2.66. The van der Waals surface area contributed by atoms with Crippen molar-refractivity contribution in [3.8, 4) is 5.75 Å². The van der Waals surface area contributed by atoms with Crippen LogP contribution in [0.1, 0.15) is 51.5 Å². The zero-order valence-corrected chi connectivity index (χ0v) is 23.5. The van der Waals surface area contributed by atoms with Crippen LogP contribution in [0, 0.1) is 5.92 Å². The molecule has 0 bridgehead atoms. The Bertz CT molecular complexity index is 1190. The molecule has 10 heteroatoms. The minimum Gasteiger partial charge on any atom is -0.508 e. The van der Waals surface area contributed by atoms with Gasteiger partial charge in [-0.2, -0.15) is 4.31 Å². The fraction of sp³-hybridized carbons (Fsp3) is 0.552. The van der Waals surface area contributed by atoms with E-state index in [2.05, 4.69) is 5.32 Å². The monoisotopic (exact) mass is 560 g/mol. The molecule has 1 aliphatic carbocycles. The number of carbonyl (C=O) groups excluding carboxylic acids is 1. The van der Waals surface area contributed by atoms with Crippen LogP contribution >= 0.6 is 0 Å². The van der Waals surface area contributed by atoms with Gasteiger partial charge in [0.05, 0.1) is 17.0 Å². The van der Waals surface area contributed by atoms with E-state index in [1.54, 1.807) is 0 Å². The predicted octanol–water partition coefficient (Wildman–Crippen LogP) is 3.84. The van der Waals surface area contributed by atoms with Gasteiger partial charge in [-0.25, -0.2) is 13.2 Å². The normalized spacial score (nSPS) is 22.8. The number of carbonyl (C=O) groups is 1. The summed E-state index contributed by atoms with van der Waals surface area (Å²) in [5, 5.41) is 24.1. The van der Waals surface area contributed by atoms with Gasteiger partial charge < -0.3 is 25.0 Å². The summed E-state index contributed by atoms with van der Waals surface area (Å²) in [7, 11) is -4.03. The molecule has 214 valence electrons. The maximum absolute atomic E-state index is 13.5. The SMILES string of the molecule is CC(C)CN(C[C@@H](O)[C@H](Cc1ccccc1)NC(=O)OC1CCCC12CCCO2)S(=O)(=O)c1cccc(O)c1. The lowest BCUT2D eigenvalue weighted by atomic mass is 9.96. The number of amides is 1. The minimum atomic E-state index is -4.03. The van der Waals surface area contributed by atoms with Crippen molar-refractivity contribution in [3.05, 3.63) is 60.2 Å². The van der Waals surface area contributed by atoms with Gasteiger partial charge in [-0.05, 0) is 68.2 Å². The zero-order valence-electron chi connectivity index (χ0n) is 22.7. The highest BCUT2D eigenvalue weighted by atomic mass is 32.2. The van der Waals surface area contributed by atoms with E-state index >= 15 is 0 Å². The molecule has 2 fully saturated rings. The molecule has 2 unspecified atom stereocenters. The quantitative estimate of drug-likeness (QED) is 0.381. The van der Waals surface area contributed by atoms with Gasteiger partial charge in [0.1, 0.15) is 17.5 Å². The van der Waals surface area contributed by atoms with Crippen LogP contribution in [0.2, 0.25) is 0 Å². The molecule has 1 heterocycles. The first-order valence-corrected chi connectivity index (χ1v) is 15.2. The smallest absolute Gasteiger partial charge is 0.407 e. The largest absolute Gasteiger partial charge is 0.508 e. The fourth-order valence-corrected chi connectivity index (χ4v) is 7.28. The number of hydrogen-bond donors (Lipinski definition) is 3. The number of phenols is 1. The number of benzene rings is 2. The third kappa shape index (κ3) is 7.30. The van der Waals surface area contributed by atoms with E-state index in [1.807, 2.05) is 44.2 Å². The predicted molar refractivity (Wildman–Crippen MR) is 147 cm³/mol. The first-order chi connectivity index (χ1) is 18.6. The van der Waals surface area contributed by atoms with Gasteiger partial charge in [0, 0.05) is 19.7 Å². The highest BCUT2D eigenvalue weighted by Crippen LogP contribution is 2.42.